The summed E-state index contributed by atoms with van der Waals surface area (Å²) in [5.74, 6) is -0.0923. The van der Waals surface area contributed by atoms with Crippen LogP contribution in [0.4, 0.5) is 0 Å². The van der Waals surface area contributed by atoms with Gasteiger partial charge in [0.25, 0.3) is 5.91 Å². The Hall–Kier alpha value is -1.92. The van der Waals surface area contributed by atoms with Gasteiger partial charge >= 0.3 is 0 Å². The highest BCUT2D eigenvalue weighted by atomic mass is 16.5. The number of ether oxygens (including phenoxy) is 1. The Balaban J connectivity index is 1.88. The summed E-state index contributed by atoms with van der Waals surface area (Å²) >= 11 is 0. The van der Waals surface area contributed by atoms with Gasteiger partial charge in [-0.15, -0.1) is 0 Å². The number of nitrogens with two attached hydrogens (primary N) is 1. The molecule has 1 unspecified atom stereocenters. The summed E-state index contributed by atoms with van der Waals surface area (Å²) in [4.78, 5) is 24.0. The first kappa shape index (κ1) is 17.4. The van der Waals surface area contributed by atoms with E-state index in [4.69, 9.17) is 10.5 Å². The second-order valence-electron chi connectivity index (χ2n) is 5.75. The number of hydrogen-bond donors (Lipinski definition) is 3. The quantitative estimate of drug-likeness (QED) is 0.723. The van der Waals surface area contributed by atoms with Crippen LogP contribution >= 0.6 is 0 Å². The molecule has 1 aromatic carbocycles. The topological polar surface area (TPSA) is 93.5 Å². The van der Waals surface area contributed by atoms with E-state index in [2.05, 4.69) is 10.6 Å². The van der Waals surface area contributed by atoms with E-state index in [0.717, 1.165) is 18.4 Å². The van der Waals surface area contributed by atoms with Gasteiger partial charge < -0.3 is 21.1 Å². The standard InChI is InChI=1S/C17H25N3O3/c1-2-19-16(21)14-5-3-4-12(10-14)11-20-17(22)15(18)13-6-8-23-9-7-13/h3-5,10,13,15H,2,6-9,11,18H2,1H3,(H,19,21)(H,20,22). The van der Waals surface area contributed by atoms with Crippen LogP contribution in [0.25, 0.3) is 0 Å². The van der Waals surface area contributed by atoms with Crippen LogP contribution in [-0.2, 0) is 16.1 Å². The van der Waals surface area contributed by atoms with Gasteiger partial charge in [-0.2, -0.15) is 0 Å². The van der Waals surface area contributed by atoms with Crippen molar-refractivity contribution in [2.24, 2.45) is 11.7 Å². The molecule has 126 valence electrons. The smallest absolute Gasteiger partial charge is 0.251 e. The van der Waals surface area contributed by atoms with Gasteiger partial charge in [0.05, 0.1) is 6.04 Å². The summed E-state index contributed by atoms with van der Waals surface area (Å²) in [7, 11) is 0. The average Bonchev–Trinajstić information content (AvgIpc) is 2.60. The van der Waals surface area contributed by atoms with Crippen LogP contribution in [0.3, 0.4) is 0 Å². The molecule has 0 aliphatic carbocycles. The number of amides is 2. The highest BCUT2D eigenvalue weighted by Gasteiger charge is 2.26. The van der Waals surface area contributed by atoms with Crippen molar-refractivity contribution < 1.29 is 14.3 Å². The third-order valence-corrected chi connectivity index (χ3v) is 4.07. The van der Waals surface area contributed by atoms with Gasteiger partial charge in [0.2, 0.25) is 5.91 Å². The van der Waals surface area contributed by atoms with Crippen molar-refractivity contribution in [3.05, 3.63) is 35.4 Å². The van der Waals surface area contributed by atoms with Crippen molar-refractivity contribution in [3.8, 4) is 0 Å². The van der Waals surface area contributed by atoms with E-state index in [0.29, 0.717) is 31.9 Å². The highest BCUT2D eigenvalue weighted by molar-refractivity contribution is 5.94. The molecule has 23 heavy (non-hydrogen) atoms. The van der Waals surface area contributed by atoms with E-state index in [-0.39, 0.29) is 17.7 Å². The lowest BCUT2D eigenvalue weighted by molar-refractivity contribution is -0.124. The molecule has 0 bridgehead atoms. The lowest BCUT2D eigenvalue weighted by Crippen LogP contribution is -2.46. The van der Waals surface area contributed by atoms with Crippen LogP contribution in [0.5, 0.6) is 0 Å². The summed E-state index contributed by atoms with van der Waals surface area (Å²) in [6.45, 7) is 4.16. The molecule has 1 aromatic rings. The summed E-state index contributed by atoms with van der Waals surface area (Å²) in [6, 6.07) is 6.72. The minimum atomic E-state index is -0.509. The fourth-order valence-electron chi connectivity index (χ4n) is 2.68. The molecule has 1 aliphatic rings. The molecule has 0 saturated carbocycles. The van der Waals surface area contributed by atoms with Crippen LogP contribution in [0, 0.1) is 5.92 Å². The largest absolute Gasteiger partial charge is 0.381 e. The highest BCUT2D eigenvalue weighted by Crippen LogP contribution is 2.17. The second-order valence-corrected chi connectivity index (χ2v) is 5.75. The monoisotopic (exact) mass is 319 g/mol. The molecule has 1 atom stereocenters. The van der Waals surface area contributed by atoms with Crippen LogP contribution < -0.4 is 16.4 Å². The fraction of sp³-hybridized carbons (Fsp3) is 0.529. The SMILES string of the molecule is CCNC(=O)c1cccc(CNC(=O)C(N)C2CCOCC2)c1. The Bertz CT molecular complexity index is 542. The molecule has 4 N–H and O–H groups in total. The van der Waals surface area contributed by atoms with Crippen LogP contribution in [0.2, 0.25) is 0 Å². The molecule has 0 aromatic heterocycles. The fourth-order valence-corrected chi connectivity index (χ4v) is 2.68. The van der Waals surface area contributed by atoms with Gasteiger partial charge in [-0.25, -0.2) is 0 Å². The first-order valence-corrected chi connectivity index (χ1v) is 8.10. The molecule has 1 heterocycles. The van der Waals surface area contributed by atoms with Crippen LogP contribution in [0.15, 0.2) is 24.3 Å². The summed E-state index contributed by atoms with van der Waals surface area (Å²) in [5.41, 5.74) is 7.51. The van der Waals surface area contributed by atoms with E-state index in [1.54, 1.807) is 12.1 Å². The lowest BCUT2D eigenvalue weighted by atomic mass is 9.92. The lowest BCUT2D eigenvalue weighted by Gasteiger charge is -2.26. The normalized spacial score (nSPS) is 16.6. The van der Waals surface area contributed by atoms with Gasteiger partial charge in [0.1, 0.15) is 0 Å². The average molecular weight is 319 g/mol. The predicted octanol–water partition coefficient (Wildman–Crippen LogP) is 0.806. The molecule has 0 spiro atoms. The van der Waals surface area contributed by atoms with Gasteiger partial charge in [0, 0.05) is 31.9 Å². The van der Waals surface area contributed by atoms with Gasteiger partial charge in [-0.3, -0.25) is 9.59 Å². The molecular weight excluding hydrogens is 294 g/mol. The van der Waals surface area contributed by atoms with E-state index in [1.807, 2.05) is 19.1 Å². The zero-order valence-corrected chi connectivity index (χ0v) is 13.5. The molecule has 2 amide bonds. The summed E-state index contributed by atoms with van der Waals surface area (Å²) in [6.07, 6.45) is 1.64. The number of hydrogen-bond acceptors (Lipinski definition) is 4. The van der Waals surface area contributed by atoms with E-state index in [1.165, 1.54) is 0 Å². The van der Waals surface area contributed by atoms with Gasteiger partial charge in [-0.05, 0) is 43.4 Å². The predicted molar refractivity (Wildman–Crippen MR) is 87.8 cm³/mol. The molecule has 1 saturated heterocycles. The number of carbonyl (C=O) groups is 2. The van der Waals surface area contributed by atoms with E-state index < -0.39 is 6.04 Å². The Morgan fingerprint density at radius 1 is 1.30 bits per heavy atom. The third-order valence-electron chi connectivity index (χ3n) is 4.07. The number of rotatable bonds is 6. The molecule has 1 fully saturated rings. The maximum Gasteiger partial charge on any atom is 0.251 e. The maximum absolute atomic E-state index is 12.2. The Labute approximate surface area is 136 Å². The third kappa shape index (κ3) is 5.04. The zero-order valence-electron chi connectivity index (χ0n) is 13.5. The van der Waals surface area contributed by atoms with Crippen molar-refractivity contribution in [3.63, 3.8) is 0 Å². The van der Waals surface area contributed by atoms with Gasteiger partial charge in [0.15, 0.2) is 0 Å². The molecule has 0 radical (unpaired) electrons. The number of benzene rings is 1. The van der Waals surface area contributed by atoms with Gasteiger partial charge in [-0.1, -0.05) is 12.1 Å². The maximum atomic E-state index is 12.2. The number of carbonyl (C=O) groups excluding carboxylic acids is 2. The zero-order chi connectivity index (χ0) is 16.7. The van der Waals surface area contributed by atoms with Crippen molar-refractivity contribution in [2.45, 2.75) is 32.4 Å². The summed E-state index contributed by atoms with van der Waals surface area (Å²) in [5, 5.41) is 5.61. The van der Waals surface area contributed by atoms with Crippen molar-refractivity contribution >= 4 is 11.8 Å². The Morgan fingerprint density at radius 3 is 2.74 bits per heavy atom. The van der Waals surface area contributed by atoms with Crippen molar-refractivity contribution in [1.29, 1.82) is 0 Å². The molecule has 6 nitrogen and oxygen atoms in total. The van der Waals surface area contributed by atoms with Crippen molar-refractivity contribution in [2.75, 3.05) is 19.8 Å². The minimum Gasteiger partial charge on any atom is -0.381 e. The van der Waals surface area contributed by atoms with Crippen molar-refractivity contribution in [1.82, 2.24) is 10.6 Å². The first-order valence-electron chi connectivity index (χ1n) is 8.10. The van der Waals surface area contributed by atoms with Crippen LogP contribution in [-0.4, -0.2) is 37.6 Å². The van der Waals surface area contributed by atoms with Crippen LogP contribution in [0.1, 0.15) is 35.7 Å². The molecule has 6 heteroatoms. The Morgan fingerprint density at radius 2 is 2.04 bits per heavy atom. The summed E-state index contributed by atoms with van der Waals surface area (Å²) < 4.78 is 5.29. The number of nitrogens with one attached hydrogen (secondary N) is 2. The molecular formula is C17H25N3O3. The second kappa shape index (κ2) is 8.64. The Kier molecular flexibility index (Phi) is 6.55. The van der Waals surface area contributed by atoms with E-state index in [9.17, 15) is 9.59 Å². The minimum absolute atomic E-state index is 0.111. The molecule has 1 aliphatic heterocycles. The molecule has 2 rings (SSSR count). The van der Waals surface area contributed by atoms with E-state index >= 15 is 0 Å². The first-order chi connectivity index (χ1) is 11.1.